The first-order valence-electron chi connectivity index (χ1n) is 6.51. The van der Waals surface area contributed by atoms with Crippen LogP contribution in [0.5, 0.6) is 5.75 Å². The van der Waals surface area contributed by atoms with Crippen LogP contribution < -0.4 is 10.1 Å². The molecular formula is C14H20BrClN2O2. The largest absolute Gasteiger partial charge is 0.484 e. The Kier molecular flexibility index (Phi) is 7.34. The topological polar surface area (TPSA) is 41.6 Å². The van der Waals surface area contributed by atoms with Gasteiger partial charge in [-0.15, -0.1) is 12.4 Å². The van der Waals surface area contributed by atoms with Gasteiger partial charge in [0.05, 0.1) is 0 Å². The van der Waals surface area contributed by atoms with Crippen molar-refractivity contribution in [2.24, 2.45) is 0 Å². The second-order valence-electron chi connectivity index (χ2n) is 4.73. The number of carbonyl (C=O) groups excluding carboxylic acids is 1. The van der Waals surface area contributed by atoms with Gasteiger partial charge in [0.25, 0.3) is 5.91 Å². The Labute approximate surface area is 134 Å². The van der Waals surface area contributed by atoms with E-state index in [1.165, 1.54) is 0 Å². The predicted octanol–water partition coefficient (Wildman–Crippen LogP) is 2.46. The van der Waals surface area contributed by atoms with Crippen molar-refractivity contribution in [1.82, 2.24) is 10.2 Å². The van der Waals surface area contributed by atoms with Gasteiger partial charge in [0, 0.05) is 17.6 Å². The van der Waals surface area contributed by atoms with Crippen LogP contribution in [-0.2, 0) is 4.79 Å². The number of hydrogen-bond acceptors (Lipinski definition) is 3. The first-order valence-corrected chi connectivity index (χ1v) is 7.31. The fourth-order valence-corrected chi connectivity index (χ4v) is 2.44. The molecule has 4 nitrogen and oxygen atoms in total. The average molecular weight is 364 g/mol. The lowest BCUT2D eigenvalue weighted by atomic mass is 10.1. The minimum absolute atomic E-state index is 0. The maximum absolute atomic E-state index is 12.1. The summed E-state index contributed by atoms with van der Waals surface area (Å²) in [5, 5.41) is 3.30. The highest BCUT2D eigenvalue weighted by molar-refractivity contribution is 9.10. The molecule has 1 fully saturated rings. The molecule has 1 amide bonds. The van der Waals surface area contributed by atoms with Gasteiger partial charge in [0.2, 0.25) is 0 Å². The number of nitrogens with zero attached hydrogens (tertiary/aromatic N) is 1. The van der Waals surface area contributed by atoms with E-state index in [1.807, 2.05) is 36.2 Å². The van der Waals surface area contributed by atoms with E-state index in [4.69, 9.17) is 4.74 Å². The monoisotopic (exact) mass is 362 g/mol. The van der Waals surface area contributed by atoms with Crippen molar-refractivity contribution >= 4 is 34.2 Å². The van der Waals surface area contributed by atoms with Crippen LogP contribution in [0.1, 0.15) is 12.8 Å². The van der Waals surface area contributed by atoms with Crippen molar-refractivity contribution in [2.45, 2.75) is 18.9 Å². The van der Waals surface area contributed by atoms with Crippen molar-refractivity contribution < 1.29 is 9.53 Å². The van der Waals surface area contributed by atoms with E-state index in [-0.39, 0.29) is 24.9 Å². The number of ether oxygens (including phenoxy) is 1. The first-order chi connectivity index (χ1) is 9.16. The van der Waals surface area contributed by atoms with Crippen LogP contribution in [0.15, 0.2) is 28.7 Å². The van der Waals surface area contributed by atoms with Gasteiger partial charge in [-0.3, -0.25) is 4.79 Å². The van der Waals surface area contributed by atoms with Crippen molar-refractivity contribution in [2.75, 3.05) is 26.7 Å². The molecule has 1 saturated heterocycles. The van der Waals surface area contributed by atoms with Crippen molar-refractivity contribution in [1.29, 1.82) is 0 Å². The first kappa shape index (κ1) is 17.3. The summed E-state index contributed by atoms with van der Waals surface area (Å²) in [4.78, 5) is 13.9. The van der Waals surface area contributed by atoms with Crippen LogP contribution >= 0.6 is 28.3 Å². The summed E-state index contributed by atoms with van der Waals surface area (Å²) in [6.07, 6.45) is 2.03. The molecule has 1 aliphatic rings. The van der Waals surface area contributed by atoms with Crippen molar-refractivity contribution in [3.8, 4) is 5.75 Å². The number of nitrogens with one attached hydrogen (secondary N) is 1. The molecule has 1 aromatic rings. The highest BCUT2D eigenvalue weighted by atomic mass is 79.9. The molecule has 0 spiro atoms. The molecule has 112 valence electrons. The molecule has 1 N–H and O–H groups in total. The highest BCUT2D eigenvalue weighted by Gasteiger charge is 2.21. The molecule has 1 aliphatic heterocycles. The SMILES string of the molecule is CN(C(=O)COc1ccc(Br)cc1)C1CCNCC1.Cl. The lowest BCUT2D eigenvalue weighted by Crippen LogP contribution is -2.45. The highest BCUT2D eigenvalue weighted by Crippen LogP contribution is 2.16. The summed E-state index contributed by atoms with van der Waals surface area (Å²) in [6.45, 7) is 2.06. The van der Waals surface area contributed by atoms with Gasteiger partial charge < -0.3 is 15.0 Å². The smallest absolute Gasteiger partial charge is 0.260 e. The molecule has 1 heterocycles. The van der Waals surface area contributed by atoms with Gasteiger partial charge in [-0.05, 0) is 50.2 Å². The molecule has 0 bridgehead atoms. The zero-order valence-corrected chi connectivity index (χ0v) is 13.9. The minimum Gasteiger partial charge on any atom is -0.484 e. The zero-order chi connectivity index (χ0) is 13.7. The third-order valence-corrected chi connectivity index (χ3v) is 3.95. The number of carbonyl (C=O) groups is 1. The molecule has 1 aromatic carbocycles. The van der Waals surface area contributed by atoms with Crippen LogP contribution in [0.4, 0.5) is 0 Å². The molecule has 0 aliphatic carbocycles. The fraction of sp³-hybridized carbons (Fsp3) is 0.500. The summed E-state index contributed by atoms with van der Waals surface area (Å²) in [6, 6.07) is 7.83. The average Bonchev–Trinajstić information content (AvgIpc) is 2.46. The third kappa shape index (κ3) is 4.96. The van der Waals surface area contributed by atoms with Crippen molar-refractivity contribution in [3.05, 3.63) is 28.7 Å². The molecule has 0 aromatic heterocycles. The summed E-state index contributed by atoms with van der Waals surface area (Å²) in [7, 11) is 1.86. The van der Waals surface area contributed by atoms with Gasteiger partial charge in [0.15, 0.2) is 6.61 Å². The molecule has 2 rings (SSSR count). The van der Waals surface area contributed by atoms with E-state index in [0.717, 1.165) is 36.2 Å². The van der Waals surface area contributed by atoms with Crippen molar-refractivity contribution in [3.63, 3.8) is 0 Å². The molecule has 0 saturated carbocycles. The number of hydrogen-bond donors (Lipinski definition) is 1. The molecule has 0 unspecified atom stereocenters. The van der Waals surface area contributed by atoms with Crippen LogP contribution in [0.3, 0.4) is 0 Å². The Morgan fingerprint density at radius 1 is 1.35 bits per heavy atom. The number of piperidine rings is 1. The van der Waals surface area contributed by atoms with E-state index in [2.05, 4.69) is 21.2 Å². The number of benzene rings is 1. The van der Waals surface area contributed by atoms with Gasteiger partial charge in [0.1, 0.15) is 5.75 Å². The summed E-state index contributed by atoms with van der Waals surface area (Å²) in [5.74, 6) is 0.755. The quantitative estimate of drug-likeness (QED) is 0.893. The second-order valence-corrected chi connectivity index (χ2v) is 5.64. The molecule has 6 heteroatoms. The van der Waals surface area contributed by atoms with Gasteiger partial charge in [-0.2, -0.15) is 0 Å². The van der Waals surface area contributed by atoms with E-state index in [0.29, 0.717) is 6.04 Å². The van der Waals surface area contributed by atoms with E-state index >= 15 is 0 Å². The number of rotatable bonds is 4. The maximum atomic E-state index is 12.1. The van der Waals surface area contributed by atoms with Crippen LogP contribution in [0, 0.1) is 0 Å². The normalized spacial score (nSPS) is 15.3. The Balaban J connectivity index is 0.00000200. The van der Waals surface area contributed by atoms with Gasteiger partial charge in [-0.1, -0.05) is 15.9 Å². The molecular weight excluding hydrogens is 344 g/mol. The predicted molar refractivity (Wildman–Crippen MR) is 85.5 cm³/mol. The number of amides is 1. The number of likely N-dealkylation sites (N-methyl/N-ethyl adjacent to an activating group) is 1. The second kappa shape index (κ2) is 8.49. The Morgan fingerprint density at radius 3 is 2.55 bits per heavy atom. The van der Waals surface area contributed by atoms with Crippen LogP contribution in [0.25, 0.3) is 0 Å². The lowest BCUT2D eigenvalue weighted by Gasteiger charge is -2.31. The van der Waals surface area contributed by atoms with E-state index < -0.39 is 0 Å². The minimum atomic E-state index is 0. The Hall–Kier alpha value is -0.780. The van der Waals surface area contributed by atoms with E-state index in [1.54, 1.807) is 0 Å². The lowest BCUT2D eigenvalue weighted by molar-refractivity contribution is -0.134. The standard InChI is InChI=1S/C14H19BrN2O2.ClH/c1-17(12-6-8-16-9-7-12)14(18)10-19-13-4-2-11(15)3-5-13;/h2-5,12,16H,6-10H2,1H3;1H. The summed E-state index contributed by atoms with van der Waals surface area (Å²) >= 11 is 3.36. The van der Waals surface area contributed by atoms with Crippen LogP contribution in [0.2, 0.25) is 0 Å². The zero-order valence-electron chi connectivity index (χ0n) is 11.5. The van der Waals surface area contributed by atoms with Crippen LogP contribution in [-0.4, -0.2) is 43.6 Å². The van der Waals surface area contributed by atoms with E-state index in [9.17, 15) is 4.79 Å². The summed E-state index contributed by atoms with van der Waals surface area (Å²) in [5.41, 5.74) is 0. The molecule has 20 heavy (non-hydrogen) atoms. The Bertz CT molecular complexity index is 422. The van der Waals surface area contributed by atoms with Gasteiger partial charge >= 0.3 is 0 Å². The molecule has 0 radical (unpaired) electrons. The number of halogens is 2. The Morgan fingerprint density at radius 2 is 1.95 bits per heavy atom. The maximum Gasteiger partial charge on any atom is 0.260 e. The third-order valence-electron chi connectivity index (χ3n) is 3.43. The summed E-state index contributed by atoms with van der Waals surface area (Å²) < 4.78 is 6.51. The fourth-order valence-electron chi connectivity index (χ4n) is 2.18. The van der Waals surface area contributed by atoms with Gasteiger partial charge in [-0.25, -0.2) is 0 Å². The molecule has 0 atom stereocenters.